The first-order chi connectivity index (χ1) is 7.72. The highest BCUT2D eigenvalue weighted by molar-refractivity contribution is 5.77. The van der Waals surface area contributed by atoms with Crippen molar-refractivity contribution in [2.45, 2.75) is 51.6 Å². The largest absolute Gasteiger partial charge is 0.372 e. The number of rotatable bonds is 6. The van der Waals surface area contributed by atoms with E-state index in [1.165, 1.54) is 12.8 Å². The molecule has 4 heteroatoms. The van der Waals surface area contributed by atoms with Gasteiger partial charge in [-0.05, 0) is 26.2 Å². The van der Waals surface area contributed by atoms with Gasteiger partial charge in [-0.3, -0.25) is 4.79 Å². The Morgan fingerprint density at radius 2 is 2.31 bits per heavy atom. The second-order valence-electron chi connectivity index (χ2n) is 4.55. The third kappa shape index (κ3) is 5.47. The Morgan fingerprint density at radius 1 is 1.50 bits per heavy atom. The monoisotopic (exact) mass is 228 g/mol. The average molecular weight is 228 g/mol. The van der Waals surface area contributed by atoms with Gasteiger partial charge in [0.15, 0.2) is 0 Å². The molecule has 1 amide bonds. The lowest BCUT2D eigenvalue weighted by Crippen LogP contribution is -2.47. The van der Waals surface area contributed by atoms with Crippen LogP contribution in [0, 0.1) is 0 Å². The van der Waals surface area contributed by atoms with E-state index in [-0.39, 0.29) is 12.5 Å². The van der Waals surface area contributed by atoms with Gasteiger partial charge in [0.25, 0.3) is 0 Å². The highest BCUT2D eigenvalue weighted by Gasteiger charge is 2.17. The van der Waals surface area contributed by atoms with Gasteiger partial charge in [0.2, 0.25) is 5.91 Å². The molecule has 0 aromatic heterocycles. The van der Waals surface area contributed by atoms with E-state index in [1.54, 1.807) is 0 Å². The zero-order chi connectivity index (χ0) is 11.8. The van der Waals surface area contributed by atoms with Gasteiger partial charge in [0.05, 0.1) is 0 Å². The summed E-state index contributed by atoms with van der Waals surface area (Å²) in [6.07, 6.45) is 4.60. The molecule has 0 radical (unpaired) electrons. The summed E-state index contributed by atoms with van der Waals surface area (Å²) in [5.74, 6) is -0.00604. The van der Waals surface area contributed by atoms with Gasteiger partial charge < -0.3 is 15.4 Å². The maximum atomic E-state index is 11.4. The molecular weight excluding hydrogens is 204 g/mol. The van der Waals surface area contributed by atoms with Crippen molar-refractivity contribution < 1.29 is 9.53 Å². The summed E-state index contributed by atoms with van der Waals surface area (Å²) in [6, 6.07) is 1.01. The first-order valence-electron chi connectivity index (χ1n) is 6.33. The highest BCUT2D eigenvalue weighted by atomic mass is 16.5. The molecule has 1 aliphatic rings. The molecule has 0 spiro atoms. The molecule has 0 bridgehead atoms. The van der Waals surface area contributed by atoms with Crippen molar-refractivity contribution in [3.05, 3.63) is 0 Å². The average Bonchev–Trinajstić information content (AvgIpc) is 2.27. The van der Waals surface area contributed by atoms with E-state index in [4.69, 9.17) is 4.74 Å². The van der Waals surface area contributed by atoms with Crippen molar-refractivity contribution in [3.8, 4) is 0 Å². The van der Waals surface area contributed by atoms with Crippen molar-refractivity contribution in [1.29, 1.82) is 0 Å². The van der Waals surface area contributed by atoms with Crippen LogP contribution >= 0.6 is 0 Å². The van der Waals surface area contributed by atoms with Crippen LogP contribution in [0.25, 0.3) is 0 Å². The lowest BCUT2D eigenvalue weighted by Gasteiger charge is -2.28. The van der Waals surface area contributed by atoms with E-state index in [0.29, 0.717) is 18.7 Å². The molecule has 1 heterocycles. The molecule has 0 aromatic rings. The molecule has 4 nitrogen and oxygen atoms in total. The number of hydrogen-bond acceptors (Lipinski definition) is 3. The van der Waals surface area contributed by atoms with Gasteiger partial charge in [0, 0.05) is 25.2 Å². The second kappa shape index (κ2) is 7.63. The molecule has 2 N–H and O–H groups in total. The fraction of sp³-hybridized carbons (Fsp3) is 0.917. The predicted octanol–water partition coefficient (Wildman–Crippen LogP) is 1.06. The van der Waals surface area contributed by atoms with E-state index in [9.17, 15) is 4.79 Å². The van der Waals surface area contributed by atoms with E-state index in [0.717, 1.165) is 19.4 Å². The maximum absolute atomic E-state index is 11.4. The van der Waals surface area contributed by atoms with Gasteiger partial charge in [0.1, 0.15) is 6.61 Å². The standard InChI is InChI=1S/C12H24N2O2/c1-3-7-16-9-12(15)13-8-11-6-4-5-10(2)14-11/h10-11,14H,3-9H2,1-2H3,(H,13,15). The molecule has 1 rings (SSSR count). The summed E-state index contributed by atoms with van der Waals surface area (Å²) in [7, 11) is 0. The van der Waals surface area contributed by atoms with E-state index in [1.807, 2.05) is 6.92 Å². The van der Waals surface area contributed by atoms with Crippen molar-refractivity contribution in [2.75, 3.05) is 19.8 Å². The summed E-state index contributed by atoms with van der Waals surface area (Å²) in [4.78, 5) is 11.4. The summed E-state index contributed by atoms with van der Waals surface area (Å²) in [5, 5.41) is 6.39. The number of piperidine rings is 1. The molecule has 2 unspecified atom stereocenters. The molecule has 0 saturated carbocycles. The predicted molar refractivity (Wildman–Crippen MR) is 64.4 cm³/mol. The zero-order valence-corrected chi connectivity index (χ0v) is 10.4. The fourth-order valence-electron chi connectivity index (χ4n) is 2.00. The molecule has 1 fully saturated rings. The minimum atomic E-state index is -0.00604. The van der Waals surface area contributed by atoms with Crippen LogP contribution in [-0.2, 0) is 9.53 Å². The zero-order valence-electron chi connectivity index (χ0n) is 10.4. The minimum Gasteiger partial charge on any atom is -0.372 e. The Labute approximate surface area is 98.1 Å². The summed E-state index contributed by atoms with van der Waals surface area (Å²) >= 11 is 0. The van der Waals surface area contributed by atoms with E-state index >= 15 is 0 Å². The van der Waals surface area contributed by atoms with Crippen molar-refractivity contribution in [3.63, 3.8) is 0 Å². The van der Waals surface area contributed by atoms with Crippen LogP contribution < -0.4 is 10.6 Å². The Kier molecular flexibility index (Phi) is 6.42. The van der Waals surface area contributed by atoms with Crippen LogP contribution in [0.15, 0.2) is 0 Å². The molecule has 1 saturated heterocycles. The number of ether oxygens (including phenoxy) is 1. The summed E-state index contributed by atoms with van der Waals surface area (Å²) in [5.41, 5.74) is 0. The summed E-state index contributed by atoms with van der Waals surface area (Å²) in [6.45, 7) is 5.80. The number of carbonyl (C=O) groups excluding carboxylic acids is 1. The minimum absolute atomic E-state index is 0.00604. The normalized spacial score (nSPS) is 25.4. The third-order valence-electron chi connectivity index (χ3n) is 2.84. The smallest absolute Gasteiger partial charge is 0.246 e. The lowest BCUT2D eigenvalue weighted by molar-refractivity contribution is -0.125. The molecule has 0 aromatic carbocycles. The molecular formula is C12H24N2O2. The van der Waals surface area contributed by atoms with Crippen LogP contribution in [0.2, 0.25) is 0 Å². The number of hydrogen-bond donors (Lipinski definition) is 2. The van der Waals surface area contributed by atoms with Crippen LogP contribution in [-0.4, -0.2) is 37.7 Å². The highest BCUT2D eigenvalue weighted by Crippen LogP contribution is 2.11. The van der Waals surface area contributed by atoms with Gasteiger partial charge >= 0.3 is 0 Å². The van der Waals surface area contributed by atoms with Crippen molar-refractivity contribution in [1.82, 2.24) is 10.6 Å². The van der Waals surface area contributed by atoms with Crippen LogP contribution in [0.3, 0.4) is 0 Å². The second-order valence-corrected chi connectivity index (χ2v) is 4.55. The van der Waals surface area contributed by atoms with Crippen LogP contribution in [0.4, 0.5) is 0 Å². The van der Waals surface area contributed by atoms with E-state index in [2.05, 4.69) is 17.6 Å². The van der Waals surface area contributed by atoms with Gasteiger partial charge in [-0.15, -0.1) is 0 Å². The quantitative estimate of drug-likeness (QED) is 0.668. The first-order valence-corrected chi connectivity index (χ1v) is 6.33. The fourth-order valence-corrected chi connectivity index (χ4v) is 2.00. The Bertz CT molecular complexity index is 209. The topological polar surface area (TPSA) is 50.4 Å². The van der Waals surface area contributed by atoms with Crippen molar-refractivity contribution >= 4 is 5.91 Å². The Balaban J connectivity index is 2.06. The Morgan fingerprint density at radius 3 is 3.00 bits per heavy atom. The maximum Gasteiger partial charge on any atom is 0.246 e. The molecule has 1 aliphatic heterocycles. The summed E-state index contributed by atoms with van der Waals surface area (Å²) < 4.78 is 5.17. The molecule has 2 atom stereocenters. The van der Waals surface area contributed by atoms with Crippen LogP contribution in [0.5, 0.6) is 0 Å². The number of nitrogens with one attached hydrogen (secondary N) is 2. The van der Waals surface area contributed by atoms with Gasteiger partial charge in [-0.2, -0.15) is 0 Å². The molecule has 0 aliphatic carbocycles. The van der Waals surface area contributed by atoms with E-state index < -0.39 is 0 Å². The number of amides is 1. The first kappa shape index (κ1) is 13.5. The van der Waals surface area contributed by atoms with Crippen LogP contribution in [0.1, 0.15) is 39.5 Å². The number of carbonyl (C=O) groups is 1. The molecule has 94 valence electrons. The Hall–Kier alpha value is -0.610. The van der Waals surface area contributed by atoms with Crippen molar-refractivity contribution in [2.24, 2.45) is 0 Å². The van der Waals surface area contributed by atoms with Gasteiger partial charge in [-0.1, -0.05) is 13.3 Å². The SMILES string of the molecule is CCCOCC(=O)NCC1CCCC(C)N1. The molecule has 16 heavy (non-hydrogen) atoms. The lowest BCUT2D eigenvalue weighted by atomic mass is 10.00. The van der Waals surface area contributed by atoms with Gasteiger partial charge in [-0.25, -0.2) is 0 Å². The third-order valence-corrected chi connectivity index (χ3v) is 2.84.